The van der Waals surface area contributed by atoms with E-state index in [9.17, 15) is 4.79 Å². The molecule has 0 saturated carbocycles. The molecule has 3 aromatic rings. The highest BCUT2D eigenvalue weighted by molar-refractivity contribution is 5.94. The Morgan fingerprint density at radius 3 is 2.93 bits per heavy atom. The number of benzene rings is 2. The van der Waals surface area contributed by atoms with Crippen LogP contribution < -0.4 is 5.32 Å². The third-order valence-electron chi connectivity index (χ3n) is 5.40. The molecule has 1 fully saturated rings. The van der Waals surface area contributed by atoms with E-state index in [1.807, 2.05) is 49.6 Å². The van der Waals surface area contributed by atoms with Gasteiger partial charge in [-0.3, -0.25) is 9.78 Å². The fourth-order valence-electron chi connectivity index (χ4n) is 3.90. The van der Waals surface area contributed by atoms with Crippen LogP contribution in [0, 0.1) is 0 Å². The minimum absolute atomic E-state index is 0.0570. The van der Waals surface area contributed by atoms with Gasteiger partial charge in [0.1, 0.15) is 0 Å². The Kier molecular flexibility index (Phi) is 5.16. The zero-order valence-corrected chi connectivity index (χ0v) is 15.7. The highest BCUT2D eigenvalue weighted by atomic mass is 16.2. The lowest BCUT2D eigenvalue weighted by molar-refractivity contribution is 0.0785. The molecular formula is C23H25N3O. The number of hydrogen-bond acceptors (Lipinski definition) is 3. The largest absolute Gasteiger partial charge is 0.337 e. The molecule has 0 radical (unpaired) electrons. The van der Waals surface area contributed by atoms with Crippen molar-refractivity contribution in [2.45, 2.75) is 25.3 Å². The summed E-state index contributed by atoms with van der Waals surface area (Å²) in [4.78, 5) is 19.2. The first kappa shape index (κ1) is 17.7. The maximum absolute atomic E-state index is 13.0. The summed E-state index contributed by atoms with van der Waals surface area (Å²) >= 11 is 0. The van der Waals surface area contributed by atoms with Crippen molar-refractivity contribution in [2.75, 3.05) is 20.1 Å². The molecule has 27 heavy (non-hydrogen) atoms. The third kappa shape index (κ3) is 3.86. The second-order valence-corrected chi connectivity index (χ2v) is 7.32. The van der Waals surface area contributed by atoms with Crippen LogP contribution in [0.1, 0.15) is 40.2 Å². The van der Waals surface area contributed by atoms with Crippen molar-refractivity contribution in [3.63, 3.8) is 0 Å². The molecule has 2 heterocycles. The number of pyridine rings is 1. The molecule has 1 aliphatic heterocycles. The van der Waals surface area contributed by atoms with Gasteiger partial charge in [-0.25, -0.2) is 0 Å². The van der Waals surface area contributed by atoms with E-state index in [-0.39, 0.29) is 5.91 Å². The molecule has 1 atom stereocenters. The van der Waals surface area contributed by atoms with E-state index in [1.54, 1.807) is 4.90 Å². The lowest BCUT2D eigenvalue weighted by Gasteiger charge is -2.24. The molecule has 4 nitrogen and oxygen atoms in total. The monoisotopic (exact) mass is 359 g/mol. The predicted octanol–water partition coefficient (Wildman–Crippen LogP) is 3.97. The van der Waals surface area contributed by atoms with E-state index in [0.717, 1.165) is 35.1 Å². The molecule has 4 rings (SSSR count). The predicted molar refractivity (Wildman–Crippen MR) is 109 cm³/mol. The molecule has 138 valence electrons. The highest BCUT2D eigenvalue weighted by Gasteiger charge is 2.18. The van der Waals surface area contributed by atoms with Crippen molar-refractivity contribution in [1.29, 1.82) is 0 Å². The molecule has 0 bridgehead atoms. The Morgan fingerprint density at radius 2 is 2.07 bits per heavy atom. The number of amides is 1. The van der Waals surface area contributed by atoms with Crippen LogP contribution in [0.4, 0.5) is 0 Å². The van der Waals surface area contributed by atoms with Crippen LogP contribution in [0.2, 0.25) is 0 Å². The van der Waals surface area contributed by atoms with E-state index < -0.39 is 0 Å². The number of piperidine rings is 1. The van der Waals surface area contributed by atoms with Gasteiger partial charge in [-0.1, -0.05) is 30.3 Å². The van der Waals surface area contributed by atoms with E-state index in [1.165, 1.54) is 18.4 Å². The van der Waals surface area contributed by atoms with Crippen LogP contribution in [0.5, 0.6) is 0 Å². The van der Waals surface area contributed by atoms with Gasteiger partial charge >= 0.3 is 0 Å². The number of para-hydroxylation sites is 1. The lowest BCUT2D eigenvalue weighted by Crippen LogP contribution is -2.29. The normalized spacial score (nSPS) is 17.0. The van der Waals surface area contributed by atoms with E-state index in [4.69, 9.17) is 0 Å². The van der Waals surface area contributed by atoms with Crippen molar-refractivity contribution in [3.05, 3.63) is 77.5 Å². The number of nitrogens with one attached hydrogen (secondary N) is 1. The first-order valence-electron chi connectivity index (χ1n) is 9.61. The first-order chi connectivity index (χ1) is 13.2. The number of aromatic nitrogens is 1. The maximum Gasteiger partial charge on any atom is 0.253 e. The molecule has 0 aliphatic carbocycles. The molecule has 1 aromatic heterocycles. The Bertz CT molecular complexity index is 942. The smallest absolute Gasteiger partial charge is 0.253 e. The molecule has 1 saturated heterocycles. The maximum atomic E-state index is 13.0. The van der Waals surface area contributed by atoms with Gasteiger partial charge in [-0.2, -0.15) is 0 Å². The first-order valence-corrected chi connectivity index (χ1v) is 9.61. The van der Waals surface area contributed by atoms with Gasteiger partial charge in [0, 0.05) is 37.3 Å². The second-order valence-electron chi connectivity index (χ2n) is 7.32. The van der Waals surface area contributed by atoms with Gasteiger partial charge in [-0.05, 0) is 60.7 Å². The van der Waals surface area contributed by atoms with Crippen molar-refractivity contribution in [2.24, 2.45) is 0 Å². The summed E-state index contributed by atoms with van der Waals surface area (Å²) in [7, 11) is 1.87. The molecule has 1 aliphatic rings. The fraction of sp³-hybridized carbons (Fsp3) is 0.304. The van der Waals surface area contributed by atoms with Gasteiger partial charge in [0.2, 0.25) is 0 Å². The van der Waals surface area contributed by atoms with Crippen molar-refractivity contribution in [3.8, 4) is 0 Å². The topological polar surface area (TPSA) is 45.2 Å². The average Bonchev–Trinajstić information content (AvgIpc) is 2.74. The van der Waals surface area contributed by atoms with Crippen LogP contribution in [0.25, 0.3) is 10.9 Å². The summed E-state index contributed by atoms with van der Waals surface area (Å²) in [5.41, 5.74) is 4.10. The minimum atomic E-state index is 0.0570. The van der Waals surface area contributed by atoms with Crippen LogP contribution in [-0.2, 0) is 6.54 Å². The highest BCUT2D eigenvalue weighted by Crippen LogP contribution is 2.24. The quantitative estimate of drug-likeness (QED) is 0.766. The number of carbonyl (C=O) groups is 1. The van der Waals surface area contributed by atoms with Gasteiger partial charge in [0.05, 0.1) is 5.52 Å². The van der Waals surface area contributed by atoms with Gasteiger partial charge in [0.25, 0.3) is 5.91 Å². The Labute approximate surface area is 160 Å². The zero-order valence-electron chi connectivity index (χ0n) is 15.7. The minimum Gasteiger partial charge on any atom is -0.337 e. The number of fused-ring (bicyclic) bond motifs is 1. The third-order valence-corrected chi connectivity index (χ3v) is 5.40. The van der Waals surface area contributed by atoms with Crippen LogP contribution in [-0.4, -0.2) is 35.9 Å². The van der Waals surface area contributed by atoms with E-state index in [0.29, 0.717) is 12.5 Å². The lowest BCUT2D eigenvalue weighted by atomic mass is 9.90. The number of hydrogen-bond donors (Lipinski definition) is 1. The number of carbonyl (C=O) groups excluding carboxylic acids is 1. The van der Waals surface area contributed by atoms with Crippen molar-refractivity contribution >= 4 is 16.8 Å². The Morgan fingerprint density at radius 1 is 1.19 bits per heavy atom. The fourth-order valence-corrected chi connectivity index (χ4v) is 3.90. The standard InChI is InChI=1S/C23H25N3O/c1-26(16-20-11-13-25-22-10-3-2-9-21(20)22)23(27)18-7-4-6-17(14-18)19-8-5-12-24-15-19/h2-4,6-7,9-11,13-14,19,24H,5,8,12,15-16H2,1H3/t19-/m0/s1. The van der Waals surface area contributed by atoms with Gasteiger partial charge in [0.15, 0.2) is 0 Å². The van der Waals surface area contributed by atoms with Crippen molar-refractivity contribution < 1.29 is 4.79 Å². The summed E-state index contributed by atoms with van der Waals surface area (Å²) in [6, 6.07) is 18.2. The number of nitrogens with zero attached hydrogens (tertiary/aromatic N) is 2. The number of rotatable bonds is 4. The molecule has 1 amide bonds. The van der Waals surface area contributed by atoms with Gasteiger partial charge in [-0.15, -0.1) is 0 Å². The summed E-state index contributed by atoms with van der Waals surface area (Å²) in [5.74, 6) is 0.558. The van der Waals surface area contributed by atoms with Gasteiger partial charge < -0.3 is 10.2 Å². The average molecular weight is 359 g/mol. The van der Waals surface area contributed by atoms with Crippen LogP contribution in [0.3, 0.4) is 0 Å². The second kappa shape index (κ2) is 7.89. The summed E-state index contributed by atoms with van der Waals surface area (Å²) in [6.07, 6.45) is 4.19. The summed E-state index contributed by atoms with van der Waals surface area (Å²) in [6.45, 7) is 2.66. The molecular weight excluding hydrogens is 334 g/mol. The Hall–Kier alpha value is -2.72. The van der Waals surface area contributed by atoms with E-state index in [2.05, 4.69) is 28.5 Å². The van der Waals surface area contributed by atoms with Crippen LogP contribution in [0.15, 0.2) is 60.8 Å². The Balaban J connectivity index is 1.53. The van der Waals surface area contributed by atoms with Crippen LogP contribution >= 0.6 is 0 Å². The van der Waals surface area contributed by atoms with Crippen molar-refractivity contribution in [1.82, 2.24) is 15.2 Å². The zero-order chi connectivity index (χ0) is 18.6. The molecule has 1 N–H and O–H groups in total. The summed E-state index contributed by atoms with van der Waals surface area (Å²) < 4.78 is 0. The molecule has 2 aromatic carbocycles. The molecule has 0 unspecified atom stereocenters. The van der Waals surface area contributed by atoms with E-state index >= 15 is 0 Å². The molecule has 4 heteroatoms. The molecule has 0 spiro atoms. The summed E-state index contributed by atoms with van der Waals surface area (Å²) in [5, 5.41) is 4.55. The SMILES string of the molecule is CN(Cc1ccnc2ccccc12)C(=O)c1cccc([C@H]2CCCNC2)c1.